The van der Waals surface area contributed by atoms with Crippen LogP contribution in [0, 0.1) is 6.92 Å². The molecule has 0 amide bonds. The fraction of sp³-hybridized carbons (Fsp3) is 0.429. The van der Waals surface area contributed by atoms with E-state index in [0.29, 0.717) is 26.4 Å². The fourth-order valence-corrected chi connectivity index (χ4v) is 2.52. The van der Waals surface area contributed by atoms with E-state index in [1.165, 1.54) is 11.1 Å². The number of rotatable bonds is 12. The molecule has 0 aliphatic rings. The summed E-state index contributed by atoms with van der Waals surface area (Å²) in [5.74, 6) is 1.59. The molecule has 0 spiro atoms. The van der Waals surface area contributed by atoms with Crippen LogP contribution in [0.3, 0.4) is 0 Å². The van der Waals surface area contributed by atoms with Gasteiger partial charge in [-0.15, -0.1) is 0 Å². The molecule has 0 aliphatic heterocycles. The van der Waals surface area contributed by atoms with E-state index in [1.54, 1.807) is 14.2 Å². The van der Waals surface area contributed by atoms with Crippen molar-refractivity contribution in [2.45, 2.75) is 20.0 Å². The average molecular weight is 359 g/mol. The molecule has 0 unspecified atom stereocenters. The summed E-state index contributed by atoms with van der Waals surface area (Å²) in [7, 11) is 3.32. The second-order valence-electron chi connectivity index (χ2n) is 5.98. The van der Waals surface area contributed by atoms with Crippen molar-refractivity contribution in [3.63, 3.8) is 0 Å². The lowest BCUT2D eigenvalue weighted by atomic mass is 10.1. The van der Waals surface area contributed by atoms with E-state index in [-0.39, 0.29) is 0 Å². The Kier molecular flexibility index (Phi) is 8.96. The van der Waals surface area contributed by atoms with Crippen LogP contribution in [-0.4, -0.2) is 40.6 Å². The molecule has 0 atom stereocenters. The van der Waals surface area contributed by atoms with Crippen LogP contribution >= 0.6 is 0 Å². The summed E-state index contributed by atoms with van der Waals surface area (Å²) in [5.41, 5.74) is 3.68. The van der Waals surface area contributed by atoms with E-state index >= 15 is 0 Å². The minimum absolute atomic E-state index is 0.503. The van der Waals surface area contributed by atoms with Crippen LogP contribution in [0.15, 0.2) is 42.5 Å². The molecule has 0 saturated carbocycles. The summed E-state index contributed by atoms with van der Waals surface area (Å²) >= 11 is 0. The van der Waals surface area contributed by atoms with Crippen molar-refractivity contribution in [3.8, 4) is 11.5 Å². The summed E-state index contributed by atoms with van der Waals surface area (Å²) in [4.78, 5) is 0. The third-order valence-corrected chi connectivity index (χ3v) is 4.03. The molecule has 0 radical (unpaired) electrons. The summed E-state index contributed by atoms with van der Waals surface area (Å²) in [6.45, 7) is 5.78. The van der Waals surface area contributed by atoms with Gasteiger partial charge in [-0.2, -0.15) is 0 Å². The van der Waals surface area contributed by atoms with E-state index in [9.17, 15) is 0 Å². The maximum atomic E-state index is 5.87. The van der Waals surface area contributed by atoms with Gasteiger partial charge >= 0.3 is 0 Å². The first-order chi connectivity index (χ1) is 12.7. The number of benzene rings is 2. The molecule has 5 nitrogen and oxygen atoms in total. The Labute approximate surface area is 156 Å². The van der Waals surface area contributed by atoms with Gasteiger partial charge in [-0.1, -0.05) is 30.3 Å². The van der Waals surface area contributed by atoms with Gasteiger partial charge in [-0.3, -0.25) is 0 Å². The van der Waals surface area contributed by atoms with Gasteiger partial charge in [0.05, 0.1) is 13.2 Å². The van der Waals surface area contributed by atoms with Crippen LogP contribution in [0.1, 0.15) is 16.7 Å². The lowest BCUT2D eigenvalue weighted by Gasteiger charge is -2.15. The van der Waals surface area contributed by atoms with Gasteiger partial charge < -0.3 is 24.3 Å². The van der Waals surface area contributed by atoms with Gasteiger partial charge in [-0.05, 0) is 24.1 Å². The average Bonchev–Trinajstić information content (AvgIpc) is 2.65. The van der Waals surface area contributed by atoms with Crippen LogP contribution < -0.4 is 14.8 Å². The molecule has 0 fully saturated rings. The molecule has 26 heavy (non-hydrogen) atoms. The highest BCUT2D eigenvalue weighted by Crippen LogP contribution is 2.25. The zero-order chi connectivity index (χ0) is 18.6. The number of aryl methyl sites for hydroxylation is 1. The highest BCUT2D eigenvalue weighted by Gasteiger charge is 2.07. The van der Waals surface area contributed by atoms with Crippen LogP contribution in [0.25, 0.3) is 0 Å². The second-order valence-corrected chi connectivity index (χ2v) is 5.98. The van der Waals surface area contributed by atoms with Gasteiger partial charge in [0.25, 0.3) is 0 Å². The molecular formula is C21H29NO4. The molecule has 2 rings (SSSR count). The Morgan fingerprint density at radius 1 is 0.769 bits per heavy atom. The maximum absolute atomic E-state index is 5.87. The standard InChI is InChI=1S/C21H29NO4/c1-17-6-4-5-7-18(17)15-22-16-19-8-9-20(25-12-10-23-2)14-21(19)26-13-11-24-3/h4-9,14,22H,10-13,15-16H2,1-3H3. The molecule has 2 aromatic carbocycles. The molecule has 2 aromatic rings. The van der Waals surface area contributed by atoms with E-state index in [2.05, 4.69) is 36.5 Å². The van der Waals surface area contributed by atoms with Gasteiger partial charge in [-0.25, -0.2) is 0 Å². The van der Waals surface area contributed by atoms with E-state index in [4.69, 9.17) is 18.9 Å². The molecule has 1 N–H and O–H groups in total. The Hall–Kier alpha value is -2.08. The van der Waals surface area contributed by atoms with Crippen LogP contribution in [0.2, 0.25) is 0 Å². The lowest BCUT2D eigenvalue weighted by molar-refractivity contribution is 0.142. The fourth-order valence-electron chi connectivity index (χ4n) is 2.52. The van der Waals surface area contributed by atoms with Crippen molar-refractivity contribution < 1.29 is 18.9 Å². The Morgan fingerprint density at radius 3 is 2.19 bits per heavy atom. The number of hydrogen-bond acceptors (Lipinski definition) is 5. The quantitative estimate of drug-likeness (QED) is 0.589. The van der Waals surface area contributed by atoms with Gasteiger partial charge in [0.15, 0.2) is 0 Å². The third kappa shape index (κ3) is 6.67. The predicted molar refractivity (Wildman–Crippen MR) is 103 cm³/mol. The minimum atomic E-state index is 0.503. The van der Waals surface area contributed by atoms with Crippen molar-refractivity contribution in [1.29, 1.82) is 0 Å². The predicted octanol–water partition coefficient (Wildman–Crippen LogP) is 3.34. The van der Waals surface area contributed by atoms with Crippen LogP contribution in [0.5, 0.6) is 11.5 Å². The summed E-state index contributed by atoms with van der Waals surface area (Å²) in [5, 5.41) is 3.49. The molecule has 0 aliphatic carbocycles. The maximum Gasteiger partial charge on any atom is 0.127 e. The van der Waals surface area contributed by atoms with E-state index in [1.807, 2.05) is 18.2 Å². The van der Waals surface area contributed by atoms with Crippen molar-refractivity contribution >= 4 is 0 Å². The minimum Gasteiger partial charge on any atom is -0.491 e. The summed E-state index contributed by atoms with van der Waals surface area (Å²) < 4.78 is 21.7. The first-order valence-corrected chi connectivity index (χ1v) is 8.86. The largest absolute Gasteiger partial charge is 0.491 e. The smallest absolute Gasteiger partial charge is 0.127 e. The van der Waals surface area contributed by atoms with Crippen molar-refractivity contribution in [2.24, 2.45) is 0 Å². The molecule has 142 valence electrons. The first-order valence-electron chi connectivity index (χ1n) is 8.86. The number of nitrogens with one attached hydrogen (secondary N) is 1. The van der Waals surface area contributed by atoms with E-state index in [0.717, 1.165) is 30.2 Å². The topological polar surface area (TPSA) is 49.0 Å². The Bertz CT molecular complexity index is 660. The van der Waals surface area contributed by atoms with Gasteiger partial charge in [0, 0.05) is 38.9 Å². The van der Waals surface area contributed by atoms with Crippen LogP contribution in [0.4, 0.5) is 0 Å². The number of methoxy groups -OCH3 is 2. The molecular weight excluding hydrogens is 330 g/mol. The molecule has 0 saturated heterocycles. The van der Waals surface area contributed by atoms with Crippen molar-refractivity contribution in [1.82, 2.24) is 5.32 Å². The zero-order valence-electron chi connectivity index (χ0n) is 15.9. The Morgan fingerprint density at radius 2 is 1.46 bits per heavy atom. The normalized spacial score (nSPS) is 10.7. The molecule has 0 aromatic heterocycles. The molecule has 0 heterocycles. The summed E-state index contributed by atoms with van der Waals surface area (Å²) in [6.07, 6.45) is 0. The van der Waals surface area contributed by atoms with Gasteiger partial charge in [0.2, 0.25) is 0 Å². The number of ether oxygens (including phenoxy) is 4. The Balaban J connectivity index is 1.98. The molecule has 5 heteroatoms. The highest BCUT2D eigenvalue weighted by molar-refractivity contribution is 5.41. The second kappa shape index (κ2) is 11.5. The monoisotopic (exact) mass is 359 g/mol. The summed E-state index contributed by atoms with van der Waals surface area (Å²) in [6, 6.07) is 14.3. The van der Waals surface area contributed by atoms with Crippen molar-refractivity contribution in [3.05, 3.63) is 59.2 Å². The van der Waals surface area contributed by atoms with Gasteiger partial charge in [0.1, 0.15) is 24.7 Å². The van der Waals surface area contributed by atoms with E-state index < -0.39 is 0 Å². The molecule has 0 bridgehead atoms. The third-order valence-electron chi connectivity index (χ3n) is 4.03. The first kappa shape index (κ1) is 20.2. The number of hydrogen-bond donors (Lipinski definition) is 1. The van der Waals surface area contributed by atoms with Crippen LogP contribution in [-0.2, 0) is 22.6 Å². The lowest BCUT2D eigenvalue weighted by Crippen LogP contribution is -2.15. The highest BCUT2D eigenvalue weighted by atomic mass is 16.5. The SMILES string of the molecule is COCCOc1ccc(CNCc2ccccc2C)c(OCCOC)c1. The zero-order valence-corrected chi connectivity index (χ0v) is 15.9. The van der Waals surface area contributed by atoms with Crippen molar-refractivity contribution in [2.75, 3.05) is 40.6 Å².